The molecule has 3 heterocycles. The maximum Gasteiger partial charge on any atom is 0.260 e. The van der Waals surface area contributed by atoms with Crippen LogP contribution in [0.4, 0.5) is 0 Å². The average Bonchev–Trinajstić information content (AvgIpc) is 3.20. The number of aromatic nitrogens is 1. The lowest BCUT2D eigenvalue weighted by molar-refractivity contribution is 0.433. The third kappa shape index (κ3) is 2.54. The molecule has 0 N–H and O–H groups in total. The molecule has 4 heteroatoms. The molecule has 2 aliphatic rings. The highest BCUT2D eigenvalue weighted by atomic mass is 16.5. The van der Waals surface area contributed by atoms with Gasteiger partial charge >= 0.3 is 0 Å². The van der Waals surface area contributed by atoms with Crippen LogP contribution < -0.4 is 20.4 Å². The van der Waals surface area contributed by atoms with Crippen LogP contribution in [0.5, 0.6) is 17.2 Å². The molecule has 34 heavy (non-hydrogen) atoms. The molecule has 4 aromatic carbocycles. The van der Waals surface area contributed by atoms with Crippen molar-refractivity contribution in [1.82, 2.24) is 4.57 Å². The normalized spacial score (nSPS) is 15.1. The second-order valence-electron chi connectivity index (χ2n) is 8.68. The molecule has 0 saturated carbocycles. The fourth-order valence-corrected chi connectivity index (χ4v) is 5.45. The van der Waals surface area contributed by atoms with Gasteiger partial charge in [-0.05, 0) is 53.4 Å². The van der Waals surface area contributed by atoms with Crippen LogP contribution >= 0.6 is 0 Å². The van der Waals surface area contributed by atoms with Crippen molar-refractivity contribution >= 4 is 39.4 Å². The number of benzene rings is 4. The van der Waals surface area contributed by atoms with Gasteiger partial charge in [-0.2, -0.15) is 0 Å². The van der Waals surface area contributed by atoms with E-state index in [0.717, 1.165) is 39.3 Å². The summed E-state index contributed by atoms with van der Waals surface area (Å²) < 4.78 is 14.8. The van der Waals surface area contributed by atoms with Crippen LogP contribution in [-0.2, 0) is 0 Å². The molecule has 0 radical (unpaired) electrons. The van der Waals surface area contributed by atoms with Gasteiger partial charge in [0.1, 0.15) is 23.0 Å². The molecular weight excluding hydrogens is 417 g/mol. The Labute approximate surface area is 197 Å². The van der Waals surface area contributed by atoms with Crippen molar-refractivity contribution in [2.24, 2.45) is 0 Å². The zero-order valence-electron chi connectivity index (χ0n) is 18.5. The van der Waals surface area contributed by atoms with E-state index in [0.29, 0.717) is 5.76 Å². The first-order valence-electron chi connectivity index (χ1n) is 11.4. The van der Waals surface area contributed by atoms with E-state index < -0.39 is 0 Å². The summed E-state index contributed by atoms with van der Waals surface area (Å²) in [5, 5.41) is 2.48. The number of hydrogen-bond acceptors (Lipinski definition) is 2. The van der Waals surface area contributed by atoms with Gasteiger partial charge in [-0.3, -0.25) is 0 Å². The lowest BCUT2D eigenvalue weighted by Gasteiger charge is -2.34. The molecule has 0 spiro atoms. The molecule has 0 atom stereocenters. The van der Waals surface area contributed by atoms with Crippen LogP contribution in [0.1, 0.15) is 0 Å². The first kappa shape index (κ1) is 19.1. The van der Waals surface area contributed by atoms with Gasteiger partial charge < -0.3 is 14.0 Å². The van der Waals surface area contributed by atoms with Crippen LogP contribution in [-0.4, -0.2) is 11.3 Å². The lowest BCUT2D eigenvalue weighted by atomic mass is 9.34. The SMILES string of the molecule is C=C/C=C1/B2c3cc(-n4c5ccccc5c5ccccc54)ccc3Oc3cccc(c32)OC1=C. The molecule has 160 valence electrons. The van der Waals surface area contributed by atoms with E-state index in [-0.39, 0.29) is 6.71 Å². The topological polar surface area (TPSA) is 23.4 Å². The summed E-state index contributed by atoms with van der Waals surface area (Å²) in [7, 11) is 0. The van der Waals surface area contributed by atoms with E-state index >= 15 is 0 Å². The second kappa shape index (κ2) is 7.03. The largest absolute Gasteiger partial charge is 0.459 e. The first-order valence-corrected chi connectivity index (χ1v) is 11.4. The van der Waals surface area contributed by atoms with E-state index in [4.69, 9.17) is 9.47 Å². The minimum Gasteiger partial charge on any atom is -0.459 e. The molecule has 0 saturated heterocycles. The zero-order valence-corrected chi connectivity index (χ0v) is 18.5. The van der Waals surface area contributed by atoms with Crippen molar-refractivity contribution < 1.29 is 9.47 Å². The van der Waals surface area contributed by atoms with Gasteiger partial charge in [0.05, 0.1) is 11.0 Å². The summed E-state index contributed by atoms with van der Waals surface area (Å²) in [4.78, 5) is 0. The van der Waals surface area contributed by atoms with Crippen molar-refractivity contribution in [3.8, 4) is 22.9 Å². The molecule has 0 unspecified atom stereocenters. The minimum absolute atomic E-state index is 0.0396. The van der Waals surface area contributed by atoms with Gasteiger partial charge in [0, 0.05) is 21.9 Å². The highest BCUT2D eigenvalue weighted by Gasteiger charge is 2.41. The van der Waals surface area contributed by atoms with Gasteiger partial charge in [-0.1, -0.05) is 67.8 Å². The van der Waals surface area contributed by atoms with Crippen molar-refractivity contribution in [3.05, 3.63) is 121 Å². The summed E-state index contributed by atoms with van der Waals surface area (Å²) in [5.74, 6) is 3.11. The molecule has 0 bridgehead atoms. The first-order chi connectivity index (χ1) is 16.7. The Morgan fingerprint density at radius 2 is 1.41 bits per heavy atom. The Bertz CT molecular complexity index is 1660. The van der Waals surface area contributed by atoms with Gasteiger partial charge in [0.25, 0.3) is 6.71 Å². The van der Waals surface area contributed by atoms with Crippen LogP contribution in [0.2, 0.25) is 0 Å². The summed E-state index contributed by atoms with van der Waals surface area (Å²) in [6.07, 6.45) is 3.79. The maximum absolute atomic E-state index is 6.36. The highest BCUT2D eigenvalue weighted by Crippen LogP contribution is 2.37. The van der Waals surface area contributed by atoms with E-state index in [9.17, 15) is 0 Å². The van der Waals surface area contributed by atoms with E-state index in [1.54, 1.807) is 6.08 Å². The molecular formula is C30H20BNO2. The van der Waals surface area contributed by atoms with Gasteiger partial charge in [0.15, 0.2) is 0 Å². The van der Waals surface area contributed by atoms with Crippen LogP contribution in [0.15, 0.2) is 121 Å². The van der Waals surface area contributed by atoms with Crippen LogP contribution in [0, 0.1) is 0 Å². The van der Waals surface area contributed by atoms with Gasteiger partial charge in [-0.15, -0.1) is 0 Å². The molecule has 5 aromatic rings. The fraction of sp³-hybridized carbons (Fsp3) is 0. The van der Waals surface area contributed by atoms with Crippen molar-refractivity contribution in [2.75, 3.05) is 0 Å². The van der Waals surface area contributed by atoms with Gasteiger partial charge in [0.2, 0.25) is 0 Å². The molecule has 7 rings (SSSR count). The number of rotatable bonds is 2. The molecule has 3 nitrogen and oxygen atoms in total. The molecule has 1 aromatic heterocycles. The Kier molecular flexibility index (Phi) is 3.94. The highest BCUT2D eigenvalue weighted by molar-refractivity contribution is 6.94. The van der Waals surface area contributed by atoms with Crippen molar-refractivity contribution in [2.45, 2.75) is 0 Å². The standard InChI is InChI=1S/C30H20BNO2/c1-3-9-23-19(2)33-28-14-8-15-29-30(28)31(23)24-18-20(16-17-27(24)34-29)32-25-12-6-4-10-21(25)22-11-5-7-13-26(22)32/h3-18H,1-2H2/b23-9+. The summed E-state index contributed by atoms with van der Waals surface area (Å²) >= 11 is 0. The fourth-order valence-electron chi connectivity index (χ4n) is 5.45. The number of ether oxygens (including phenoxy) is 2. The Morgan fingerprint density at radius 3 is 2.12 bits per heavy atom. The quantitative estimate of drug-likeness (QED) is 0.314. The van der Waals surface area contributed by atoms with E-state index in [2.05, 4.69) is 84.5 Å². The minimum atomic E-state index is -0.0396. The Hall–Kier alpha value is -4.44. The summed E-state index contributed by atoms with van der Waals surface area (Å²) in [6.45, 7) is 8.10. The smallest absolute Gasteiger partial charge is 0.260 e. The third-order valence-electron chi connectivity index (χ3n) is 6.84. The Balaban J connectivity index is 1.52. The predicted octanol–water partition coefficient (Wildman–Crippen LogP) is 6.06. The summed E-state index contributed by atoms with van der Waals surface area (Å²) in [5.41, 5.74) is 6.58. The average molecular weight is 437 g/mol. The number of hydrogen-bond donors (Lipinski definition) is 0. The number of allylic oxidation sites excluding steroid dienone is 3. The van der Waals surface area contributed by atoms with Crippen LogP contribution in [0.25, 0.3) is 27.5 Å². The zero-order chi connectivity index (χ0) is 22.8. The van der Waals surface area contributed by atoms with E-state index in [1.807, 2.05) is 24.3 Å². The lowest BCUT2D eigenvalue weighted by Crippen LogP contribution is -2.51. The number of nitrogens with zero attached hydrogens (tertiary/aromatic N) is 1. The van der Waals surface area contributed by atoms with E-state index in [1.165, 1.54) is 21.8 Å². The monoisotopic (exact) mass is 437 g/mol. The second-order valence-corrected chi connectivity index (χ2v) is 8.68. The van der Waals surface area contributed by atoms with Crippen LogP contribution in [0.3, 0.4) is 0 Å². The number of para-hydroxylation sites is 2. The number of fused-ring (bicyclic) bond motifs is 5. The van der Waals surface area contributed by atoms with Crippen molar-refractivity contribution in [1.29, 1.82) is 0 Å². The molecule has 2 aliphatic heterocycles. The molecule has 0 aliphatic carbocycles. The van der Waals surface area contributed by atoms with Gasteiger partial charge in [-0.25, -0.2) is 0 Å². The molecule has 0 amide bonds. The van der Waals surface area contributed by atoms with Crippen molar-refractivity contribution in [3.63, 3.8) is 0 Å². The summed E-state index contributed by atoms with van der Waals surface area (Å²) in [6, 6.07) is 29.5. The predicted molar refractivity (Wildman–Crippen MR) is 140 cm³/mol. The third-order valence-corrected chi connectivity index (χ3v) is 6.84. The Morgan fingerprint density at radius 1 is 0.735 bits per heavy atom. The molecule has 0 fully saturated rings. The maximum atomic E-state index is 6.36.